The molecule has 0 amide bonds. The first-order chi connectivity index (χ1) is 7.66. The molecule has 0 aliphatic carbocycles. The molecular weight excluding hydrogens is 236 g/mol. The van der Waals surface area contributed by atoms with Gasteiger partial charge in [0.25, 0.3) is 0 Å². The molecule has 0 fully saturated rings. The first-order valence-electron chi connectivity index (χ1n) is 4.83. The molecule has 1 aromatic heterocycles. The Hall–Kier alpha value is -1.26. The minimum absolute atomic E-state index is 0.128. The molecule has 0 unspecified atom stereocenters. The smallest absolute Gasteiger partial charge is 0.123 e. The van der Waals surface area contributed by atoms with Crippen LogP contribution in [0.5, 0.6) is 0 Å². The number of benzene rings is 1. The van der Waals surface area contributed by atoms with Crippen molar-refractivity contribution >= 4 is 28.9 Å². The number of hydrogen-bond acceptors (Lipinski definition) is 3. The molecule has 82 valence electrons. The SMILES string of the molecule is Cc1ccc(Sc2cccs2)c(C(=N)N)c1. The Bertz CT molecular complexity index is 504. The number of thiophene rings is 1. The van der Waals surface area contributed by atoms with E-state index in [9.17, 15) is 0 Å². The largest absolute Gasteiger partial charge is 0.384 e. The molecule has 2 aromatic rings. The molecule has 2 rings (SSSR count). The van der Waals surface area contributed by atoms with Crippen LogP contribution in [0.15, 0.2) is 44.8 Å². The highest BCUT2D eigenvalue weighted by Gasteiger charge is 2.07. The molecule has 4 heteroatoms. The van der Waals surface area contributed by atoms with Crippen LogP contribution in [0.1, 0.15) is 11.1 Å². The zero-order valence-electron chi connectivity index (χ0n) is 8.86. The number of rotatable bonds is 3. The molecule has 1 heterocycles. The summed E-state index contributed by atoms with van der Waals surface area (Å²) < 4.78 is 1.21. The minimum atomic E-state index is 0.128. The van der Waals surface area contributed by atoms with Crippen LogP contribution in [0.4, 0.5) is 0 Å². The van der Waals surface area contributed by atoms with Crippen molar-refractivity contribution in [1.29, 1.82) is 5.41 Å². The number of nitrogens with one attached hydrogen (secondary N) is 1. The van der Waals surface area contributed by atoms with Gasteiger partial charge in [-0.1, -0.05) is 29.5 Å². The number of nitrogens with two attached hydrogens (primary N) is 1. The number of hydrogen-bond donors (Lipinski definition) is 2. The van der Waals surface area contributed by atoms with E-state index in [1.165, 1.54) is 4.21 Å². The third kappa shape index (κ3) is 2.46. The highest BCUT2D eigenvalue weighted by molar-refractivity contribution is 8.01. The maximum atomic E-state index is 7.57. The highest BCUT2D eigenvalue weighted by atomic mass is 32.2. The molecule has 0 bridgehead atoms. The van der Waals surface area contributed by atoms with Crippen molar-refractivity contribution in [3.8, 4) is 0 Å². The fourth-order valence-corrected chi connectivity index (χ4v) is 3.23. The third-order valence-electron chi connectivity index (χ3n) is 2.13. The van der Waals surface area contributed by atoms with Gasteiger partial charge in [0.1, 0.15) is 5.84 Å². The van der Waals surface area contributed by atoms with Crippen LogP contribution in [0.2, 0.25) is 0 Å². The second-order valence-electron chi connectivity index (χ2n) is 3.45. The monoisotopic (exact) mass is 248 g/mol. The fraction of sp³-hybridized carbons (Fsp3) is 0.0833. The van der Waals surface area contributed by atoms with E-state index in [0.717, 1.165) is 16.0 Å². The summed E-state index contributed by atoms with van der Waals surface area (Å²) in [5, 5.41) is 9.62. The Morgan fingerprint density at radius 3 is 2.81 bits per heavy atom. The van der Waals surface area contributed by atoms with Crippen molar-refractivity contribution in [2.45, 2.75) is 16.0 Å². The minimum Gasteiger partial charge on any atom is -0.384 e. The lowest BCUT2D eigenvalue weighted by molar-refractivity contribution is 1.30. The summed E-state index contributed by atoms with van der Waals surface area (Å²) in [7, 11) is 0. The molecule has 0 atom stereocenters. The van der Waals surface area contributed by atoms with Gasteiger partial charge in [0.2, 0.25) is 0 Å². The fourth-order valence-electron chi connectivity index (χ4n) is 1.37. The second kappa shape index (κ2) is 4.72. The molecule has 0 aliphatic rings. The normalized spacial score (nSPS) is 10.3. The molecule has 16 heavy (non-hydrogen) atoms. The van der Waals surface area contributed by atoms with E-state index >= 15 is 0 Å². The van der Waals surface area contributed by atoms with E-state index in [1.807, 2.05) is 36.6 Å². The van der Waals surface area contributed by atoms with Crippen LogP contribution in [-0.4, -0.2) is 5.84 Å². The van der Waals surface area contributed by atoms with Gasteiger partial charge in [-0.3, -0.25) is 5.41 Å². The van der Waals surface area contributed by atoms with E-state index in [2.05, 4.69) is 6.07 Å². The topological polar surface area (TPSA) is 49.9 Å². The lowest BCUT2D eigenvalue weighted by Crippen LogP contribution is -2.12. The highest BCUT2D eigenvalue weighted by Crippen LogP contribution is 2.33. The van der Waals surface area contributed by atoms with Gasteiger partial charge < -0.3 is 5.73 Å². The summed E-state index contributed by atoms with van der Waals surface area (Å²) in [6.45, 7) is 2.01. The van der Waals surface area contributed by atoms with Gasteiger partial charge >= 0.3 is 0 Å². The van der Waals surface area contributed by atoms with Crippen LogP contribution in [0.3, 0.4) is 0 Å². The average molecular weight is 248 g/mol. The summed E-state index contributed by atoms with van der Waals surface area (Å²) in [6, 6.07) is 10.1. The van der Waals surface area contributed by atoms with Gasteiger partial charge in [-0.05, 0) is 30.5 Å². The molecule has 0 saturated heterocycles. The first-order valence-corrected chi connectivity index (χ1v) is 6.53. The van der Waals surface area contributed by atoms with Gasteiger partial charge in [-0.2, -0.15) is 0 Å². The number of aryl methyl sites for hydroxylation is 1. The number of nitrogen functional groups attached to an aromatic ring is 1. The Morgan fingerprint density at radius 1 is 1.38 bits per heavy atom. The Labute approximate surface area is 103 Å². The predicted molar refractivity (Wildman–Crippen MR) is 70.6 cm³/mol. The maximum Gasteiger partial charge on any atom is 0.123 e. The van der Waals surface area contributed by atoms with Crippen molar-refractivity contribution in [2.24, 2.45) is 5.73 Å². The predicted octanol–water partition coefficient (Wildman–Crippen LogP) is 3.49. The molecule has 0 aliphatic heterocycles. The first kappa shape index (κ1) is 11.2. The van der Waals surface area contributed by atoms with Crippen LogP contribution >= 0.6 is 23.1 Å². The zero-order chi connectivity index (χ0) is 11.5. The van der Waals surface area contributed by atoms with Gasteiger partial charge in [0.15, 0.2) is 0 Å². The van der Waals surface area contributed by atoms with Crippen molar-refractivity contribution in [3.63, 3.8) is 0 Å². The molecule has 0 spiro atoms. The van der Waals surface area contributed by atoms with Crippen LogP contribution in [-0.2, 0) is 0 Å². The lowest BCUT2D eigenvalue weighted by atomic mass is 10.1. The molecule has 0 radical (unpaired) electrons. The summed E-state index contributed by atoms with van der Waals surface area (Å²) in [6.07, 6.45) is 0. The molecule has 0 saturated carbocycles. The van der Waals surface area contributed by atoms with Crippen molar-refractivity contribution < 1.29 is 0 Å². The molecular formula is C12H12N2S2. The third-order valence-corrected chi connectivity index (χ3v) is 4.24. The summed E-state index contributed by atoms with van der Waals surface area (Å²) in [5.41, 5.74) is 7.53. The van der Waals surface area contributed by atoms with E-state index < -0.39 is 0 Å². The average Bonchev–Trinajstić information content (AvgIpc) is 2.73. The molecule has 3 N–H and O–H groups in total. The lowest BCUT2D eigenvalue weighted by Gasteiger charge is -2.07. The number of amidine groups is 1. The Kier molecular flexibility index (Phi) is 3.31. The summed E-state index contributed by atoms with van der Waals surface area (Å²) >= 11 is 3.35. The van der Waals surface area contributed by atoms with E-state index in [4.69, 9.17) is 11.1 Å². The quantitative estimate of drug-likeness (QED) is 0.645. The van der Waals surface area contributed by atoms with E-state index in [-0.39, 0.29) is 5.84 Å². The second-order valence-corrected chi connectivity index (χ2v) is 5.74. The summed E-state index contributed by atoms with van der Waals surface area (Å²) in [5.74, 6) is 0.128. The van der Waals surface area contributed by atoms with E-state index in [1.54, 1.807) is 23.1 Å². The molecule has 1 aromatic carbocycles. The standard InChI is InChI=1S/C12H12N2S2/c1-8-4-5-10(9(7-8)12(13)14)16-11-3-2-6-15-11/h2-7H,1H3,(H3,13,14). The van der Waals surface area contributed by atoms with Gasteiger partial charge in [0, 0.05) is 10.5 Å². The van der Waals surface area contributed by atoms with Gasteiger partial charge in [-0.15, -0.1) is 11.3 Å². The Morgan fingerprint density at radius 2 is 2.19 bits per heavy atom. The van der Waals surface area contributed by atoms with Crippen LogP contribution in [0.25, 0.3) is 0 Å². The van der Waals surface area contributed by atoms with Gasteiger partial charge in [0.05, 0.1) is 4.21 Å². The zero-order valence-corrected chi connectivity index (χ0v) is 10.5. The van der Waals surface area contributed by atoms with Crippen molar-refractivity contribution in [2.75, 3.05) is 0 Å². The maximum absolute atomic E-state index is 7.57. The van der Waals surface area contributed by atoms with Crippen LogP contribution in [0, 0.1) is 12.3 Å². The molecule has 2 nitrogen and oxygen atoms in total. The summed E-state index contributed by atoms with van der Waals surface area (Å²) in [4.78, 5) is 1.04. The van der Waals surface area contributed by atoms with Crippen molar-refractivity contribution in [1.82, 2.24) is 0 Å². The van der Waals surface area contributed by atoms with Crippen molar-refractivity contribution in [3.05, 3.63) is 46.8 Å². The van der Waals surface area contributed by atoms with Crippen LogP contribution < -0.4 is 5.73 Å². The van der Waals surface area contributed by atoms with E-state index in [0.29, 0.717) is 0 Å². The van der Waals surface area contributed by atoms with Gasteiger partial charge in [-0.25, -0.2) is 0 Å². The Balaban J connectivity index is 2.36.